The van der Waals surface area contributed by atoms with Gasteiger partial charge in [-0.25, -0.2) is 13.2 Å². The molecule has 0 aliphatic heterocycles. The second-order valence-electron chi connectivity index (χ2n) is 5.73. The number of H-pyrrole nitrogens is 1. The zero-order chi connectivity index (χ0) is 17.7. The molecule has 2 rings (SSSR count). The summed E-state index contributed by atoms with van der Waals surface area (Å²) < 4.78 is 31.8. The number of benzene rings is 1. The van der Waals surface area contributed by atoms with Crippen LogP contribution < -0.4 is 4.72 Å². The number of fused-ring (bicyclic) bond motifs is 1. The molecule has 132 valence electrons. The van der Waals surface area contributed by atoms with Gasteiger partial charge in [0.15, 0.2) is 0 Å². The Bertz CT molecular complexity index is 824. The Hall–Kier alpha value is -2.02. The highest BCUT2D eigenvalue weighted by atomic mass is 32.2. The summed E-state index contributed by atoms with van der Waals surface area (Å²) >= 11 is 0. The molecule has 1 aromatic heterocycles. The maximum absolute atomic E-state index is 12.1. The van der Waals surface area contributed by atoms with E-state index in [9.17, 15) is 13.2 Å². The summed E-state index contributed by atoms with van der Waals surface area (Å²) in [5.41, 5.74) is 2.41. The zero-order valence-electron chi connectivity index (χ0n) is 14.3. The first-order chi connectivity index (χ1) is 11.4. The molecule has 0 saturated carbocycles. The van der Waals surface area contributed by atoms with Crippen molar-refractivity contribution in [3.05, 3.63) is 29.5 Å². The number of ether oxygens (including phenoxy) is 1. The lowest BCUT2D eigenvalue weighted by molar-refractivity contribution is 0.0519. The quantitative estimate of drug-likeness (QED) is 0.561. The Morgan fingerprint density at radius 2 is 2.00 bits per heavy atom. The van der Waals surface area contributed by atoms with Gasteiger partial charge >= 0.3 is 5.97 Å². The minimum atomic E-state index is -3.36. The molecule has 1 aromatic carbocycles. The van der Waals surface area contributed by atoms with E-state index in [2.05, 4.69) is 9.71 Å². The first-order valence-corrected chi connectivity index (χ1v) is 9.83. The van der Waals surface area contributed by atoms with Crippen molar-refractivity contribution in [1.82, 2.24) is 4.98 Å². The topological polar surface area (TPSA) is 88.3 Å². The summed E-state index contributed by atoms with van der Waals surface area (Å²) in [5.74, 6) is -0.299. The van der Waals surface area contributed by atoms with Gasteiger partial charge in [-0.15, -0.1) is 0 Å². The van der Waals surface area contributed by atoms with E-state index in [1.807, 2.05) is 13.8 Å². The van der Waals surface area contributed by atoms with Gasteiger partial charge < -0.3 is 9.72 Å². The molecule has 0 unspecified atom stereocenters. The van der Waals surface area contributed by atoms with E-state index in [0.717, 1.165) is 29.3 Å². The molecule has 0 radical (unpaired) electrons. The lowest BCUT2D eigenvalue weighted by Gasteiger charge is -2.08. The van der Waals surface area contributed by atoms with Crippen LogP contribution in [0.2, 0.25) is 0 Å². The van der Waals surface area contributed by atoms with Crippen LogP contribution in [0.15, 0.2) is 18.2 Å². The molecule has 7 heteroatoms. The fourth-order valence-electron chi connectivity index (χ4n) is 2.57. The number of sulfonamides is 1. The number of hydrogen-bond donors (Lipinski definition) is 2. The molecule has 2 aromatic rings. The summed E-state index contributed by atoms with van der Waals surface area (Å²) in [7, 11) is -3.36. The molecule has 2 N–H and O–H groups in total. The van der Waals surface area contributed by atoms with Crippen LogP contribution in [0.4, 0.5) is 5.69 Å². The van der Waals surface area contributed by atoms with Crippen molar-refractivity contribution in [2.75, 3.05) is 17.1 Å². The number of anilines is 1. The molecule has 0 aliphatic rings. The first-order valence-electron chi connectivity index (χ1n) is 8.18. The fourth-order valence-corrected chi connectivity index (χ4v) is 3.74. The molecule has 0 spiro atoms. The van der Waals surface area contributed by atoms with Gasteiger partial charge in [0.25, 0.3) is 0 Å². The van der Waals surface area contributed by atoms with Gasteiger partial charge in [-0.1, -0.05) is 19.8 Å². The van der Waals surface area contributed by atoms with Crippen molar-refractivity contribution in [3.8, 4) is 0 Å². The third-order valence-electron chi connectivity index (χ3n) is 3.83. The van der Waals surface area contributed by atoms with E-state index >= 15 is 0 Å². The summed E-state index contributed by atoms with van der Waals surface area (Å²) in [6.07, 6.45) is 2.50. The second kappa shape index (κ2) is 7.70. The molecule has 0 atom stereocenters. The minimum absolute atomic E-state index is 0.110. The van der Waals surface area contributed by atoms with E-state index in [1.54, 1.807) is 25.1 Å². The van der Waals surface area contributed by atoms with Crippen LogP contribution in [0, 0.1) is 6.92 Å². The molecule has 0 amide bonds. The number of unbranched alkanes of at least 4 members (excludes halogenated alkanes) is 2. The normalized spacial score (nSPS) is 11.6. The van der Waals surface area contributed by atoms with Crippen LogP contribution >= 0.6 is 0 Å². The van der Waals surface area contributed by atoms with Crippen LogP contribution in [0.25, 0.3) is 10.9 Å². The lowest BCUT2D eigenvalue weighted by Crippen LogP contribution is -2.16. The van der Waals surface area contributed by atoms with Gasteiger partial charge in [0.05, 0.1) is 12.4 Å². The van der Waals surface area contributed by atoms with E-state index in [4.69, 9.17) is 4.74 Å². The summed E-state index contributed by atoms with van der Waals surface area (Å²) in [6, 6.07) is 5.18. The molecule has 24 heavy (non-hydrogen) atoms. The van der Waals surface area contributed by atoms with Crippen LogP contribution in [0.3, 0.4) is 0 Å². The summed E-state index contributed by atoms with van der Waals surface area (Å²) in [6.45, 7) is 5.90. The monoisotopic (exact) mass is 352 g/mol. The minimum Gasteiger partial charge on any atom is -0.461 e. The van der Waals surface area contributed by atoms with Crippen LogP contribution in [-0.2, 0) is 14.8 Å². The van der Waals surface area contributed by atoms with Crippen LogP contribution in [-0.4, -0.2) is 31.7 Å². The molecule has 0 fully saturated rings. The second-order valence-corrected chi connectivity index (χ2v) is 7.58. The van der Waals surface area contributed by atoms with E-state index in [-0.39, 0.29) is 5.75 Å². The number of aromatic amines is 1. The summed E-state index contributed by atoms with van der Waals surface area (Å²) in [5, 5.41) is 0.798. The number of aromatic nitrogens is 1. The highest BCUT2D eigenvalue weighted by molar-refractivity contribution is 7.92. The van der Waals surface area contributed by atoms with Gasteiger partial charge in [-0.2, -0.15) is 0 Å². The molecule has 0 saturated heterocycles. The van der Waals surface area contributed by atoms with Gasteiger partial charge in [0.1, 0.15) is 5.69 Å². The number of carbonyl (C=O) groups excluding carboxylic acids is 1. The molecule has 1 heterocycles. The lowest BCUT2D eigenvalue weighted by atomic mass is 10.1. The molecular weight excluding hydrogens is 328 g/mol. The van der Waals surface area contributed by atoms with Gasteiger partial charge in [-0.05, 0) is 44.0 Å². The molecule has 0 aliphatic carbocycles. The fraction of sp³-hybridized carbons (Fsp3) is 0.471. The average molecular weight is 352 g/mol. The van der Waals surface area contributed by atoms with Gasteiger partial charge in [0, 0.05) is 16.6 Å². The Kier molecular flexibility index (Phi) is 5.88. The average Bonchev–Trinajstić information content (AvgIpc) is 2.84. The largest absolute Gasteiger partial charge is 0.461 e. The van der Waals surface area contributed by atoms with E-state index < -0.39 is 16.0 Å². The molecular formula is C17H24N2O4S. The number of esters is 1. The SMILES string of the molecule is CCCCCS(=O)(=O)Nc1ccc2[nH]c(C(=O)OCC)c(C)c2c1. The number of aryl methyl sites for hydroxylation is 1. The third-order valence-corrected chi connectivity index (χ3v) is 5.20. The maximum atomic E-state index is 12.1. The molecule has 6 nitrogen and oxygen atoms in total. The van der Waals surface area contributed by atoms with Gasteiger partial charge in [-0.3, -0.25) is 4.72 Å². The smallest absolute Gasteiger partial charge is 0.355 e. The number of nitrogens with one attached hydrogen (secondary N) is 2. The highest BCUT2D eigenvalue weighted by Gasteiger charge is 2.17. The van der Waals surface area contributed by atoms with Crippen molar-refractivity contribution in [1.29, 1.82) is 0 Å². The standard InChI is InChI=1S/C17H24N2O4S/c1-4-6-7-10-24(21,22)19-13-8-9-15-14(11-13)12(3)16(18-15)17(20)23-5-2/h8-9,11,18-19H,4-7,10H2,1-3H3. The van der Waals surface area contributed by atoms with Crippen molar-refractivity contribution in [3.63, 3.8) is 0 Å². The highest BCUT2D eigenvalue weighted by Crippen LogP contribution is 2.26. The number of carbonyl (C=O) groups is 1. The number of rotatable bonds is 8. The Balaban J connectivity index is 2.25. The predicted molar refractivity (Wildman–Crippen MR) is 95.9 cm³/mol. The number of hydrogen-bond acceptors (Lipinski definition) is 4. The zero-order valence-corrected chi connectivity index (χ0v) is 15.1. The third kappa shape index (κ3) is 4.29. The Labute approximate surface area is 142 Å². The van der Waals surface area contributed by atoms with E-state index in [0.29, 0.717) is 24.4 Å². The predicted octanol–water partition coefficient (Wildman–Crippen LogP) is 3.58. The van der Waals surface area contributed by atoms with Crippen molar-refractivity contribution < 1.29 is 17.9 Å². The van der Waals surface area contributed by atoms with Crippen molar-refractivity contribution >= 4 is 32.6 Å². The van der Waals surface area contributed by atoms with Gasteiger partial charge in [0.2, 0.25) is 10.0 Å². The van der Waals surface area contributed by atoms with Crippen LogP contribution in [0.1, 0.15) is 49.2 Å². The molecule has 0 bridgehead atoms. The van der Waals surface area contributed by atoms with E-state index in [1.165, 1.54) is 0 Å². The first kappa shape index (κ1) is 18.3. The Morgan fingerprint density at radius 1 is 1.25 bits per heavy atom. The summed E-state index contributed by atoms with van der Waals surface area (Å²) in [4.78, 5) is 15.0. The van der Waals surface area contributed by atoms with Crippen molar-refractivity contribution in [2.45, 2.75) is 40.0 Å². The van der Waals surface area contributed by atoms with Crippen molar-refractivity contribution in [2.24, 2.45) is 0 Å². The Morgan fingerprint density at radius 3 is 2.67 bits per heavy atom. The van der Waals surface area contributed by atoms with Crippen LogP contribution in [0.5, 0.6) is 0 Å². The maximum Gasteiger partial charge on any atom is 0.355 e.